The van der Waals surface area contributed by atoms with Gasteiger partial charge in [0.15, 0.2) is 11.0 Å². The van der Waals surface area contributed by atoms with Crippen LogP contribution < -0.4 is 10.1 Å². The summed E-state index contributed by atoms with van der Waals surface area (Å²) >= 11 is 13.9. The lowest BCUT2D eigenvalue weighted by Crippen LogP contribution is -2.24. The summed E-state index contributed by atoms with van der Waals surface area (Å²) in [6.07, 6.45) is 0. The fourth-order valence-electron chi connectivity index (χ4n) is 3.12. The van der Waals surface area contributed by atoms with Crippen molar-refractivity contribution in [2.24, 2.45) is 0 Å². The zero-order chi connectivity index (χ0) is 23.2. The molecule has 0 spiro atoms. The van der Waals surface area contributed by atoms with Crippen molar-refractivity contribution in [2.75, 3.05) is 7.11 Å². The summed E-state index contributed by atoms with van der Waals surface area (Å²) in [5, 5.41) is 13.2. The van der Waals surface area contributed by atoms with Gasteiger partial charge < -0.3 is 10.1 Å². The van der Waals surface area contributed by atoms with Crippen molar-refractivity contribution in [2.45, 2.75) is 17.5 Å². The maximum atomic E-state index is 12.6. The number of amides is 1. The van der Waals surface area contributed by atoms with Gasteiger partial charge in [0.2, 0.25) is 0 Å². The monoisotopic (exact) mass is 498 g/mol. The van der Waals surface area contributed by atoms with Crippen molar-refractivity contribution in [3.05, 3.63) is 99.8 Å². The Labute approximate surface area is 205 Å². The van der Waals surface area contributed by atoms with E-state index in [1.165, 1.54) is 5.56 Å². The van der Waals surface area contributed by atoms with E-state index in [4.69, 9.17) is 27.9 Å². The van der Waals surface area contributed by atoms with Gasteiger partial charge in [-0.05, 0) is 48.0 Å². The Balaban J connectivity index is 1.57. The fraction of sp³-hybridized carbons (Fsp3) is 0.125. The van der Waals surface area contributed by atoms with E-state index in [0.29, 0.717) is 32.3 Å². The Morgan fingerprint density at radius 3 is 2.45 bits per heavy atom. The van der Waals surface area contributed by atoms with Crippen LogP contribution in [0.25, 0.3) is 5.69 Å². The number of aromatic nitrogens is 3. The fourth-order valence-corrected chi connectivity index (χ4v) is 4.34. The smallest absolute Gasteiger partial charge is 0.251 e. The van der Waals surface area contributed by atoms with Gasteiger partial charge in [-0.15, -0.1) is 10.2 Å². The number of benzene rings is 3. The number of nitrogens with one attached hydrogen (secondary N) is 1. The predicted molar refractivity (Wildman–Crippen MR) is 132 cm³/mol. The third-order valence-corrected chi connectivity index (χ3v) is 6.57. The van der Waals surface area contributed by atoms with E-state index in [-0.39, 0.29) is 12.5 Å². The molecular formula is C24H20Cl2N4O2S. The molecule has 0 unspecified atom stereocenters. The lowest BCUT2D eigenvalue weighted by Gasteiger charge is -2.12. The summed E-state index contributed by atoms with van der Waals surface area (Å²) in [5.41, 5.74) is 2.45. The molecule has 9 heteroatoms. The number of hydrogen-bond acceptors (Lipinski definition) is 5. The standard InChI is InChI=1S/C24H20Cl2N4O2S/c1-32-19-10-7-17(8-11-19)23(31)27-14-22-28-29-24(33-15-16-5-3-2-4-6-16)30(22)18-9-12-20(25)21(26)13-18/h2-13H,14-15H2,1H3,(H,27,31). The van der Waals surface area contributed by atoms with Crippen LogP contribution in [-0.2, 0) is 12.3 Å². The summed E-state index contributed by atoms with van der Waals surface area (Å²) in [4.78, 5) is 12.6. The second-order valence-corrected chi connectivity index (χ2v) is 8.77. The highest BCUT2D eigenvalue weighted by Crippen LogP contribution is 2.29. The van der Waals surface area contributed by atoms with Crippen molar-refractivity contribution in [1.82, 2.24) is 20.1 Å². The zero-order valence-electron chi connectivity index (χ0n) is 17.7. The third-order valence-electron chi connectivity index (χ3n) is 4.83. The van der Waals surface area contributed by atoms with Crippen LogP contribution in [0.1, 0.15) is 21.7 Å². The van der Waals surface area contributed by atoms with Crippen molar-refractivity contribution >= 4 is 40.9 Å². The van der Waals surface area contributed by atoms with Crippen LogP contribution in [0.5, 0.6) is 5.75 Å². The van der Waals surface area contributed by atoms with E-state index in [1.54, 1.807) is 55.3 Å². The molecule has 1 heterocycles. The van der Waals surface area contributed by atoms with Gasteiger partial charge >= 0.3 is 0 Å². The minimum Gasteiger partial charge on any atom is -0.497 e. The number of carbonyl (C=O) groups excluding carboxylic acids is 1. The van der Waals surface area contributed by atoms with Crippen molar-refractivity contribution in [1.29, 1.82) is 0 Å². The Hall–Kier alpha value is -3.00. The average Bonchev–Trinajstić information content (AvgIpc) is 3.26. The first-order chi connectivity index (χ1) is 16.0. The Morgan fingerprint density at radius 2 is 1.76 bits per heavy atom. The molecule has 0 bridgehead atoms. The highest BCUT2D eigenvalue weighted by atomic mass is 35.5. The van der Waals surface area contributed by atoms with E-state index in [1.807, 2.05) is 28.8 Å². The highest BCUT2D eigenvalue weighted by Gasteiger charge is 2.17. The molecule has 0 aliphatic rings. The van der Waals surface area contributed by atoms with Gasteiger partial charge in [0.1, 0.15) is 5.75 Å². The first kappa shape index (κ1) is 23.2. The SMILES string of the molecule is COc1ccc(C(=O)NCc2nnc(SCc3ccccc3)n2-c2ccc(Cl)c(Cl)c2)cc1. The summed E-state index contributed by atoms with van der Waals surface area (Å²) in [5.74, 6) is 1.76. The maximum absolute atomic E-state index is 12.6. The van der Waals surface area contributed by atoms with Crippen LogP contribution in [0, 0.1) is 0 Å². The lowest BCUT2D eigenvalue weighted by atomic mass is 10.2. The number of nitrogens with zero attached hydrogens (tertiary/aromatic N) is 3. The molecule has 168 valence electrons. The molecule has 4 aromatic rings. The van der Waals surface area contributed by atoms with E-state index in [9.17, 15) is 4.79 Å². The Morgan fingerprint density at radius 1 is 1.00 bits per heavy atom. The zero-order valence-corrected chi connectivity index (χ0v) is 20.0. The summed E-state index contributed by atoms with van der Waals surface area (Å²) < 4.78 is 7.02. The first-order valence-corrected chi connectivity index (χ1v) is 11.8. The van der Waals surface area contributed by atoms with Crippen LogP contribution in [0.2, 0.25) is 10.0 Å². The topological polar surface area (TPSA) is 69.0 Å². The molecule has 0 fully saturated rings. The normalized spacial score (nSPS) is 10.8. The molecular weight excluding hydrogens is 479 g/mol. The molecule has 4 rings (SSSR count). The molecule has 0 saturated heterocycles. The number of thioether (sulfide) groups is 1. The van der Waals surface area contributed by atoms with Crippen LogP contribution in [0.4, 0.5) is 0 Å². The summed E-state index contributed by atoms with van der Waals surface area (Å²) in [6, 6.07) is 22.3. The molecule has 6 nitrogen and oxygen atoms in total. The van der Waals surface area contributed by atoms with Gasteiger partial charge in [-0.1, -0.05) is 65.3 Å². The van der Waals surface area contributed by atoms with E-state index < -0.39 is 0 Å². The van der Waals surface area contributed by atoms with Crippen molar-refractivity contribution in [3.63, 3.8) is 0 Å². The van der Waals surface area contributed by atoms with Crippen LogP contribution >= 0.6 is 35.0 Å². The molecule has 0 saturated carbocycles. The number of carbonyl (C=O) groups is 1. The van der Waals surface area contributed by atoms with E-state index >= 15 is 0 Å². The quantitative estimate of drug-likeness (QED) is 0.310. The Bertz CT molecular complexity index is 1250. The first-order valence-electron chi connectivity index (χ1n) is 10.0. The lowest BCUT2D eigenvalue weighted by molar-refractivity contribution is 0.0949. The molecule has 0 radical (unpaired) electrons. The number of ether oxygens (including phenoxy) is 1. The molecule has 33 heavy (non-hydrogen) atoms. The van der Waals surface area contributed by atoms with Gasteiger partial charge in [0.25, 0.3) is 5.91 Å². The summed E-state index contributed by atoms with van der Waals surface area (Å²) in [7, 11) is 1.58. The minimum absolute atomic E-state index is 0.185. The van der Waals surface area contributed by atoms with Gasteiger partial charge in [-0.3, -0.25) is 9.36 Å². The number of rotatable bonds is 8. The largest absolute Gasteiger partial charge is 0.497 e. The van der Waals surface area contributed by atoms with Gasteiger partial charge in [-0.2, -0.15) is 0 Å². The summed E-state index contributed by atoms with van der Waals surface area (Å²) in [6.45, 7) is 0.185. The van der Waals surface area contributed by atoms with Gasteiger partial charge in [0.05, 0.1) is 29.4 Å². The van der Waals surface area contributed by atoms with Crippen LogP contribution in [0.3, 0.4) is 0 Å². The van der Waals surface area contributed by atoms with E-state index in [2.05, 4.69) is 27.6 Å². The highest BCUT2D eigenvalue weighted by molar-refractivity contribution is 7.98. The molecule has 1 amide bonds. The third kappa shape index (κ3) is 5.68. The molecule has 0 atom stereocenters. The predicted octanol–water partition coefficient (Wildman–Crippen LogP) is 5.81. The Kier molecular flexibility index (Phi) is 7.54. The maximum Gasteiger partial charge on any atom is 0.251 e. The molecule has 0 aliphatic heterocycles. The number of methoxy groups -OCH3 is 1. The molecule has 3 aromatic carbocycles. The minimum atomic E-state index is -0.222. The van der Waals surface area contributed by atoms with Crippen LogP contribution in [0.15, 0.2) is 78.0 Å². The van der Waals surface area contributed by atoms with Gasteiger partial charge in [-0.25, -0.2) is 0 Å². The molecule has 1 aromatic heterocycles. The second kappa shape index (κ2) is 10.7. The van der Waals surface area contributed by atoms with Gasteiger partial charge in [0, 0.05) is 11.3 Å². The van der Waals surface area contributed by atoms with Crippen LogP contribution in [-0.4, -0.2) is 27.8 Å². The molecule has 1 N–H and O–H groups in total. The molecule has 0 aliphatic carbocycles. The van der Waals surface area contributed by atoms with E-state index in [0.717, 1.165) is 11.4 Å². The number of halogens is 2. The average molecular weight is 499 g/mol. The van der Waals surface area contributed by atoms with Crippen molar-refractivity contribution in [3.8, 4) is 11.4 Å². The van der Waals surface area contributed by atoms with Crippen molar-refractivity contribution < 1.29 is 9.53 Å². The number of hydrogen-bond donors (Lipinski definition) is 1. The second-order valence-electron chi connectivity index (χ2n) is 7.02.